The van der Waals surface area contributed by atoms with Crippen molar-refractivity contribution in [1.82, 2.24) is 14.5 Å². The fourth-order valence-electron chi connectivity index (χ4n) is 4.04. The summed E-state index contributed by atoms with van der Waals surface area (Å²) >= 11 is 0. The van der Waals surface area contributed by atoms with Gasteiger partial charge in [-0.3, -0.25) is 4.79 Å². The zero-order valence-corrected chi connectivity index (χ0v) is 16.6. The number of benzene rings is 2. The van der Waals surface area contributed by atoms with Crippen molar-refractivity contribution in [2.75, 3.05) is 13.1 Å². The van der Waals surface area contributed by atoms with Gasteiger partial charge in [-0.15, -0.1) is 0 Å². The SMILES string of the molecule is Cc1nc2cc(C(F)(F)F)ccc2n1C1CCN(C(=O)/C=C/c2ccccc2)CC1. The molecule has 0 bridgehead atoms. The maximum Gasteiger partial charge on any atom is 0.416 e. The van der Waals surface area contributed by atoms with Gasteiger partial charge in [0.1, 0.15) is 5.82 Å². The van der Waals surface area contributed by atoms with E-state index in [1.807, 2.05) is 46.7 Å². The standard InChI is InChI=1S/C23H22F3N3O/c1-16-27-20-15-18(23(24,25)26)8-9-21(20)29(16)19-11-13-28(14-12-19)22(30)10-7-17-5-3-2-4-6-17/h2-10,15,19H,11-14H2,1H3/b10-7+. The first-order valence-electron chi connectivity index (χ1n) is 9.91. The van der Waals surface area contributed by atoms with E-state index < -0.39 is 11.7 Å². The number of likely N-dealkylation sites (tertiary alicyclic amines) is 1. The minimum absolute atomic E-state index is 0.0284. The average Bonchev–Trinajstić information content (AvgIpc) is 3.07. The maximum absolute atomic E-state index is 13.0. The van der Waals surface area contributed by atoms with Gasteiger partial charge in [-0.05, 0) is 49.6 Å². The van der Waals surface area contributed by atoms with Crippen LogP contribution < -0.4 is 0 Å². The van der Waals surface area contributed by atoms with Gasteiger partial charge in [0.25, 0.3) is 0 Å². The van der Waals surface area contributed by atoms with Gasteiger partial charge in [0, 0.05) is 25.2 Å². The summed E-state index contributed by atoms with van der Waals surface area (Å²) in [6.07, 6.45) is 0.480. The number of nitrogens with zero attached hydrogens (tertiary/aromatic N) is 3. The number of rotatable bonds is 3. The van der Waals surface area contributed by atoms with E-state index in [1.165, 1.54) is 6.07 Å². The molecule has 4 nitrogen and oxygen atoms in total. The Morgan fingerprint density at radius 2 is 1.80 bits per heavy atom. The number of carbonyl (C=O) groups excluding carboxylic acids is 1. The van der Waals surface area contributed by atoms with Crippen molar-refractivity contribution in [1.29, 1.82) is 0 Å². The Morgan fingerprint density at radius 3 is 2.47 bits per heavy atom. The quantitative estimate of drug-likeness (QED) is 0.551. The summed E-state index contributed by atoms with van der Waals surface area (Å²) < 4.78 is 41.0. The van der Waals surface area contributed by atoms with Crippen LogP contribution in [0, 0.1) is 6.92 Å². The summed E-state index contributed by atoms with van der Waals surface area (Å²) in [5, 5.41) is 0. The van der Waals surface area contributed by atoms with Crippen LogP contribution in [0.3, 0.4) is 0 Å². The van der Waals surface area contributed by atoms with Crippen LogP contribution in [0.2, 0.25) is 0 Å². The Morgan fingerprint density at radius 1 is 1.10 bits per heavy atom. The number of fused-ring (bicyclic) bond motifs is 1. The summed E-state index contributed by atoms with van der Waals surface area (Å²) in [7, 11) is 0. The minimum atomic E-state index is -4.38. The summed E-state index contributed by atoms with van der Waals surface area (Å²) in [6.45, 7) is 3.01. The monoisotopic (exact) mass is 413 g/mol. The first kappa shape index (κ1) is 20.2. The number of imidazole rings is 1. The largest absolute Gasteiger partial charge is 0.416 e. The van der Waals surface area contributed by atoms with Gasteiger partial charge in [0.05, 0.1) is 16.6 Å². The molecule has 1 aliphatic heterocycles. The number of hydrogen-bond acceptors (Lipinski definition) is 2. The number of aryl methyl sites for hydroxylation is 1. The van der Waals surface area contributed by atoms with E-state index in [9.17, 15) is 18.0 Å². The highest BCUT2D eigenvalue weighted by Crippen LogP contribution is 2.34. The van der Waals surface area contributed by atoms with E-state index in [4.69, 9.17) is 0 Å². The Labute approximate surface area is 172 Å². The molecule has 0 radical (unpaired) electrons. The van der Waals surface area contributed by atoms with Gasteiger partial charge < -0.3 is 9.47 Å². The lowest BCUT2D eigenvalue weighted by molar-refractivity contribution is -0.137. The highest BCUT2D eigenvalue weighted by atomic mass is 19.4. The smallest absolute Gasteiger partial charge is 0.339 e. The number of piperidine rings is 1. The molecular formula is C23H22F3N3O. The van der Waals surface area contributed by atoms with Gasteiger partial charge in [0.2, 0.25) is 5.91 Å². The molecule has 1 saturated heterocycles. The number of amides is 1. The first-order chi connectivity index (χ1) is 14.3. The summed E-state index contributed by atoms with van der Waals surface area (Å²) in [6, 6.07) is 13.5. The molecule has 0 aliphatic carbocycles. The van der Waals surface area contributed by atoms with E-state index in [0.717, 1.165) is 30.5 Å². The van der Waals surface area contributed by atoms with Gasteiger partial charge >= 0.3 is 6.18 Å². The van der Waals surface area contributed by atoms with Gasteiger partial charge in [-0.25, -0.2) is 4.98 Å². The Balaban J connectivity index is 1.46. The topological polar surface area (TPSA) is 38.1 Å². The highest BCUT2D eigenvalue weighted by Gasteiger charge is 2.31. The van der Waals surface area contributed by atoms with Crippen molar-refractivity contribution in [2.45, 2.75) is 32.0 Å². The van der Waals surface area contributed by atoms with Crippen molar-refractivity contribution < 1.29 is 18.0 Å². The van der Waals surface area contributed by atoms with E-state index in [0.29, 0.717) is 29.9 Å². The minimum Gasteiger partial charge on any atom is -0.339 e. The van der Waals surface area contributed by atoms with Crippen LogP contribution in [-0.2, 0) is 11.0 Å². The molecule has 1 aliphatic rings. The second-order valence-corrected chi connectivity index (χ2v) is 7.53. The highest BCUT2D eigenvalue weighted by molar-refractivity contribution is 5.91. The molecule has 2 aromatic carbocycles. The van der Waals surface area contributed by atoms with E-state index in [2.05, 4.69) is 4.98 Å². The molecule has 30 heavy (non-hydrogen) atoms. The first-order valence-corrected chi connectivity index (χ1v) is 9.91. The Bertz CT molecular complexity index is 1080. The molecule has 7 heteroatoms. The van der Waals surface area contributed by atoms with E-state index in [1.54, 1.807) is 12.2 Å². The normalized spacial score (nSPS) is 15.9. The third-order valence-electron chi connectivity index (χ3n) is 5.55. The van der Waals surface area contributed by atoms with Gasteiger partial charge in [-0.1, -0.05) is 30.3 Å². The van der Waals surface area contributed by atoms with Gasteiger partial charge in [-0.2, -0.15) is 13.2 Å². The molecule has 4 rings (SSSR count). The van der Waals surface area contributed by atoms with E-state index >= 15 is 0 Å². The van der Waals surface area contributed by atoms with Crippen molar-refractivity contribution in [3.8, 4) is 0 Å². The lowest BCUT2D eigenvalue weighted by atomic mass is 10.0. The summed E-state index contributed by atoms with van der Waals surface area (Å²) in [5.74, 6) is 0.664. The molecule has 0 unspecified atom stereocenters. The van der Waals surface area contributed by atoms with Crippen LogP contribution in [0.5, 0.6) is 0 Å². The number of alkyl halides is 3. The predicted octanol–water partition coefficient (Wildman–Crippen LogP) is 5.24. The zero-order chi connectivity index (χ0) is 21.3. The molecule has 1 aromatic heterocycles. The molecule has 0 N–H and O–H groups in total. The van der Waals surface area contributed by atoms with Crippen molar-refractivity contribution in [3.63, 3.8) is 0 Å². The maximum atomic E-state index is 13.0. The fraction of sp³-hybridized carbons (Fsp3) is 0.304. The molecular weight excluding hydrogens is 391 g/mol. The molecule has 1 fully saturated rings. The Kier molecular flexibility index (Phi) is 5.37. The van der Waals surface area contributed by atoms with Crippen molar-refractivity contribution in [2.24, 2.45) is 0 Å². The second-order valence-electron chi connectivity index (χ2n) is 7.53. The van der Waals surface area contributed by atoms with Crippen LogP contribution in [0.25, 0.3) is 17.1 Å². The number of hydrogen-bond donors (Lipinski definition) is 0. The average molecular weight is 413 g/mol. The van der Waals surface area contributed by atoms with Gasteiger partial charge in [0.15, 0.2) is 0 Å². The van der Waals surface area contributed by atoms with Crippen molar-refractivity contribution in [3.05, 3.63) is 71.6 Å². The number of aromatic nitrogens is 2. The molecule has 1 amide bonds. The van der Waals surface area contributed by atoms with Crippen LogP contribution in [0.1, 0.15) is 35.8 Å². The third-order valence-corrected chi connectivity index (χ3v) is 5.55. The summed E-state index contributed by atoms with van der Waals surface area (Å²) in [5.41, 5.74) is 1.34. The molecule has 156 valence electrons. The summed E-state index contributed by atoms with van der Waals surface area (Å²) in [4.78, 5) is 18.7. The second kappa shape index (κ2) is 7.97. The fourth-order valence-corrected chi connectivity index (χ4v) is 4.04. The Hall–Kier alpha value is -3.09. The lowest BCUT2D eigenvalue weighted by Crippen LogP contribution is -2.38. The predicted molar refractivity (Wildman–Crippen MR) is 110 cm³/mol. The molecule has 3 aromatic rings. The molecule has 0 saturated carbocycles. The van der Waals surface area contributed by atoms with Crippen LogP contribution in [0.4, 0.5) is 13.2 Å². The molecule has 0 atom stereocenters. The van der Waals surface area contributed by atoms with Crippen LogP contribution >= 0.6 is 0 Å². The van der Waals surface area contributed by atoms with Crippen molar-refractivity contribution >= 4 is 23.0 Å². The molecule has 0 spiro atoms. The van der Waals surface area contributed by atoms with E-state index in [-0.39, 0.29) is 11.9 Å². The molecule has 2 heterocycles. The zero-order valence-electron chi connectivity index (χ0n) is 16.6. The third kappa shape index (κ3) is 4.10. The van der Waals surface area contributed by atoms with Crippen LogP contribution in [-0.4, -0.2) is 33.4 Å². The lowest BCUT2D eigenvalue weighted by Gasteiger charge is -2.33. The number of halogens is 3. The van der Waals surface area contributed by atoms with Crippen LogP contribution in [0.15, 0.2) is 54.6 Å². The number of carbonyl (C=O) groups is 1.